The summed E-state index contributed by atoms with van der Waals surface area (Å²) >= 11 is -5.19. The minimum absolute atomic E-state index is 0.281. The molecule has 12 nitrogen and oxygen atoms in total. The molecule has 0 saturated heterocycles. The Balaban J connectivity index is -0.0000000917. The second-order valence-corrected chi connectivity index (χ2v) is 13.6. The molecule has 0 rings (SSSR count). The number of carboxylic acid groups (broad SMARTS) is 1. The molecule has 0 unspecified atom stereocenters. The van der Waals surface area contributed by atoms with E-state index in [2.05, 4.69) is 79.0 Å². The molecule has 0 aromatic heterocycles. The van der Waals surface area contributed by atoms with Crippen molar-refractivity contribution >= 4 is 15.8 Å². The summed E-state index contributed by atoms with van der Waals surface area (Å²) in [5.41, 5.74) is 4.51. The van der Waals surface area contributed by atoms with Gasteiger partial charge in [-0.05, 0) is 0 Å². The van der Waals surface area contributed by atoms with E-state index >= 15 is 0 Å². The average Bonchev–Trinajstić information content (AvgIpc) is 2.43. The van der Waals surface area contributed by atoms with Gasteiger partial charge in [0.2, 0.25) is 0 Å². The van der Waals surface area contributed by atoms with Crippen molar-refractivity contribution < 1.29 is 64.6 Å². The molecular formula is C17H46MoN4O8S. The molecule has 0 fully saturated rings. The molecule has 31 heavy (non-hydrogen) atoms. The van der Waals surface area contributed by atoms with Crippen LogP contribution >= 0.6 is 9.82 Å². The molecule has 0 aromatic carbocycles. The van der Waals surface area contributed by atoms with Crippen LogP contribution in [0.2, 0.25) is 0 Å². The van der Waals surface area contributed by atoms with Crippen molar-refractivity contribution in [2.24, 2.45) is 5.73 Å². The zero-order chi connectivity index (χ0) is 26.5. The van der Waals surface area contributed by atoms with Crippen molar-refractivity contribution in [3.8, 4) is 0 Å². The Morgan fingerprint density at radius 3 is 0.903 bits per heavy atom. The number of hydrogen-bond donors (Lipinski definition) is 4. The quantitative estimate of drug-likeness (QED) is 0.173. The molecule has 0 amide bonds. The second kappa shape index (κ2) is 21.7. The summed E-state index contributed by atoms with van der Waals surface area (Å²) in [6, 6.07) is 0. The van der Waals surface area contributed by atoms with Crippen molar-refractivity contribution in [1.29, 1.82) is 0 Å². The summed E-state index contributed by atoms with van der Waals surface area (Å²) in [5, 5.41) is 34.3. The van der Waals surface area contributed by atoms with E-state index in [-0.39, 0.29) is 26.4 Å². The van der Waals surface area contributed by atoms with E-state index in [1.807, 2.05) is 0 Å². The predicted molar refractivity (Wildman–Crippen MR) is 112 cm³/mol. The first-order valence-electron chi connectivity index (χ1n) is 9.26. The SMILES string of the molecule is C[N+](C)(C)CCO.C[N+](C)(C)CCO.C[N+](C)(C)CCO.NCC(=O)[O-].[O]=[Mo]([O-])([O-])=[S]. The molecule has 194 valence electrons. The van der Waals surface area contributed by atoms with Crippen LogP contribution in [-0.4, -0.2) is 144 Å². The number of quaternary nitrogens is 3. The molecular weight excluding hydrogens is 516 g/mol. The molecule has 5 N–H and O–H groups in total. The van der Waals surface area contributed by atoms with Crippen molar-refractivity contribution in [2.75, 3.05) is 109 Å². The molecule has 14 heteroatoms. The van der Waals surface area contributed by atoms with E-state index in [0.717, 1.165) is 33.1 Å². The molecule has 0 heterocycles. The van der Waals surface area contributed by atoms with E-state index in [0.29, 0.717) is 0 Å². The van der Waals surface area contributed by atoms with Gasteiger partial charge in [0, 0.05) is 6.54 Å². The van der Waals surface area contributed by atoms with Gasteiger partial charge in [0.15, 0.2) is 0 Å². The van der Waals surface area contributed by atoms with Crippen LogP contribution in [-0.2, 0) is 23.2 Å². The van der Waals surface area contributed by atoms with Gasteiger partial charge in [-0.25, -0.2) is 0 Å². The molecule has 0 spiro atoms. The molecule has 0 saturated carbocycles. The second-order valence-electron chi connectivity index (χ2n) is 9.20. The summed E-state index contributed by atoms with van der Waals surface area (Å²) in [6.45, 7) is 2.95. The fourth-order valence-corrected chi connectivity index (χ4v) is 0.900. The van der Waals surface area contributed by atoms with E-state index in [1.54, 1.807) is 0 Å². The third-order valence-electron chi connectivity index (χ3n) is 2.48. The molecule has 0 aromatic rings. The number of hydrogen-bond acceptors (Lipinski definition) is 10. The molecule has 0 bridgehead atoms. The molecule has 0 aliphatic carbocycles. The maximum absolute atomic E-state index is 9.13. The van der Waals surface area contributed by atoms with E-state index < -0.39 is 20.9 Å². The van der Waals surface area contributed by atoms with Gasteiger partial charge in [0.05, 0.1) is 89.2 Å². The van der Waals surface area contributed by atoms with E-state index in [9.17, 15) is 0 Å². The number of aliphatic carboxylic acids is 1. The van der Waals surface area contributed by atoms with Gasteiger partial charge in [-0.3, -0.25) is 0 Å². The van der Waals surface area contributed by atoms with Gasteiger partial charge in [-0.1, -0.05) is 0 Å². The van der Waals surface area contributed by atoms with Crippen LogP contribution in [0.5, 0.6) is 0 Å². The number of rotatable bonds is 7. The van der Waals surface area contributed by atoms with Crippen LogP contribution in [0.3, 0.4) is 0 Å². The number of nitrogens with zero attached hydrogens (tertiary/aromatic N) is 3. The minimum atomic E-state index is -5.19. The Morgan fingerprint density at radius 2 is 0.903 bits per heavy atom. The zero-order valence-electron chi connectivity index (χ0n) is 20.6. The Hall–Kier alpha value is -0.182. The summed E-state index contributed by atoms with van der Waals surface area (Å²) in [5.74, 6) is -1.22. The van der Waals surface area contributed by atoms with Crippen LogP contribution in [0.15, 0.2) is 0 Å². The summed E-state index contributed by atoms with van der Waals surface area (Å²) in [7, 11) is 21.8. The molecule has 0 radical (unpaired) electrons. The summed E-state index contributed by atoms with van der Waals surface area (Å²) in [6.07, 6.45) is 0. The third kappa shape index (κ3) is 121. The normalized spacial score (nSPS) is 11.2. The number of carbonyl (C=O) groups excluding carboxylic acids is 1. The van der Waals surface area contributed by atoms with Gasteiger partial charge in [0.25, 0.3) is 0 Å². The average molecular weight is 563 g/mol. The van der Waals surface area contributed by atoms with Gasteiger partial charge < -0.3 is 44.4 Å². The zero-order valence-corrected chi connectivity index (χ0v) is 23.4. The van der Waals surface area contributed by atoms with Gasteiger partial charge >= 0.3 is 35.7 Å². The van der Waals surface area contributed by atoms with Crippen LogP contribution in [0.1, 0.15) is 0 Å². The summed E-state index contributed by atoms with van der Waals surface area (Å²) < 4.78 is 29.5. The Kier molecular flexibility index (Phi) is 28.7. The topological polar surface area (TPSA) is 190 Å². The Bertz CT molecular complexity index is 456. The standard InChI is InChI=1S/3C5H14NO.C2H5NO2.Mo.3O.S/c3*1-6(2,3)4-5-7;3-1-2(4)5;;;;;/h3*7H,4-5H2,1-3H3;1,3H2,(H,4,5);;;;;/q3*+1;;;;2*-1;/p-1. The van der Waals surface area contributed by atoms with Crippen molar-refractivity contribution in [3.05, 3.63) is 0 Å². The first-order valence-corrected chi connectivity index (χ1v) is 14.5. The van der Waals surface area contributed by atoms with E-state index in [1.165, 1.54) is 0 Å². The Morgan fingerprint density at radius 1 is 0.774 bits per heavy atom. The van der Waals surface area contributed by atoms with E-state index in [4.69, 9.17) is 36.1 Å². The van der Waals surface area contributed by atoms with Gasteiger partial charge in [-0.2, -0.15) is 0 Å². The number of aliphatic hydroxyl groups excluding tert-OH is 3. The van der Waals surface area contributed by atoms with Crippen LogP contribution in [0.4, 0.5) is 0 Å². The molecule has 0 aliphatic heterocycles. The number of carbonyl (C=O) groups is 1. The van der Waals surface area contributed by atoms with Crippen LogP contribution in [0, 0.1) is 0 Å². The molecule has 0 aliphatic rings. The number of nitrogens with two attached hydrogens (primary N) is 1. The van der Waals surface area contributed by atoms with Crippen molar-refractivity contribution in [2.45, 2.75) is 0 Å². The Labute approximate surface area is 195 Å². The number of likely N-dealkylation sites (N-methyl/N-ethyl adjacent to an activating group) is 3. The van der Waals surface area contributed by atoms with Crippen molar-refractivity contribution in [1.82, 2.24) is 0 Å². The van der Waals surface area contributed by atoms with Gasteiger partial charge in [0.1, 0.15) is 19.6 Å². The van der Waals surface area contributed by atoms with Gasteiger partial charge in [-0.15, -0.1) is 0 Å². The predicted octanol–water partition coefficient (Wildman–Crippen LogP) is -5.10. The maximum atomic E-state index is 9.13. The number of carboxylic acids is 1. The fraction of sp³-hybridized carbons (Fsp3) is 0.941. The molecule has 0 atom stereocenters. The fourth-order valence-electron chi connectivity index (χ4n) is 0.900. The monoisotopic (exact) mass is 564 g/mol. The summed E-state index contributed by atoms with van der Waals surface area (Å²) in [4.78, 5) is 9.13. The first-order chi connectivity index (χ1) is 13.5. The van der Waals surface area contributed by atoms with Crippen LogP contribution in [0.25, 0.3) is 0 Å². The van der Waals surface area contributed by atoms with Crippen molar-refractivity contribution in [3.63, 3.8) is 0 Å². The number of aliphatic hydroxyl groups is 3. The van der Waals surface area contributed by atoms with Crippen LogP contribution < -0.4 is 18.4 Å². The first kappa shape index (κ1) is 41.1. The third-order valence-corrected chi connectivity index (χ3v) is 2.48.